The number of hydrogen-bond acceptors (Lipinski definition) is 9. The number of ketones is 1. The Morgan fingerprint density at radius 1 is 0.842 bits per heavy atom. The van der Waals surface area contributed by atoms with E-state index in [1.807, 2.05) is 32.2 Å². The summed E-state index contributed by atoms with van der Waals surface area (Å²) in [5.41, 5.74) is 3.09. The molecule has 1 aromatic carbocycles. The summed E-state index contributed by atoms with van der Waals surface area (Å²) in [4.78, 5) is 55.3. The van der Waals surface area contributed by atoms with Crippen molar-refractivity contribution in [1.29, 1.82) is 0 Å². The molecule has 5 N–H and O–H groups in total. The Morgan fingerprint density at radius 2 is 1.34 bits per heavy atom. The van der Waals surface area contributed by atoms with Gasteiger partial charge >= 0.3 is 23.9 Å². The van der Waals surface area contributed by atoms with E-state index in [1.54, 1.807) is 24.3 Å². The van der Waals surface area contributed by atoms with Crippen molar-refractivity contribution in [3.05, 3.63) is 59.4 Å². The Kier molecular flexibility index (Phi) is 14.5. The molecule has 0 fully saturated rings. The summed E-state index contributed by atoms with van der Waals surface area (Å²) < 4.78 is 24.8. The molecule has 1 heterocycles. The lowest BCUT2D eigenvalue weighted by molar-refractivity contribution is -0.159. The molecule has 0 aliphatic rings. The van der Waals surface area contributed by atoms with Crippen LogP contribution < -0.4 is 4.72 Å². The Morgan fingerprint density at radius 3 is 1.76 bits per heavy atom. The zero-order valence-corrected chi connectivity index (χ0v) is 21.6. The smallest absolute Gasteiger partial charge is 0.414 e. The number of rotatable bonds is 9. The maximum Gasteiger partial charge on any atom is 0.414 e. The summed E-state index contributed by atoms with van der Waals surface area (Å²) in [5, 5.41) is 29.6. The van der Waals surface area contributed by atoms with Crippen molar-refractivity contribution < 1.29 is 52.8 Å². The monoisotopic (exact) mass is 555 g/mol. The van der Waals surface area contributed by atoms with Crippen LogP contribution in [0.5, 0.6) is 0 Å². The topological polar surface area (TPSA) is 229 Å². The van der Waals surface area contributed by atoms with Gasteiger partial charge in [0.05, 0.1) is 6.26 Å². The van der Waals surface area contributed by atoms with Crippen LogP contribution in [-0.2, 0) is 35.6 Å². The van der Waals surface area contributed by atoms with E-state index in [0.717, 1.165) is 30.6 Å². The molecule has 208 valence electrons. The highest BCUT2D eigenvalue weighted by atomic mass is 32.2. The van der Waals surface area contributed by atoms with Crippen LogP contribution in [0.25, 0.3) is 0 Å². The molecule has 0 unspecified atom stereocenters. The van der Waals surface area contributed by atoms with Crippen molar-refractivity contribution >= 4 is 45.4 Å². The van der Waals surface area contributed by atoms with E-state index in [1.165, 1.54) is 0 Å². The molecular weight excluding hydrogens is 526 g/mol. The molecule has 0 saturated carbocycles. The number of pyridine rings is 1. The fourth-order valence-electron chi connectivity index (χ4n) is 2.53. The van der Waals surface area contributed by atoms with Crippen molar-refractivity contribution in [3.63, 3.8) is 0 Å². The van der Waals surface area contributed by atoms with Gasteiger partial charge in [-0.3, -0.25) is 14.5 Å². The molecule has 0 bridgehead atoms. The number of aryl methyl sites for hydroxylation is 1. The van der Waals surface area contributed by atoms with E-state index in [2.05, 4.69) is 14.6 Å². The van der Waals surface area contributed by atoms with Gasteiger partial charge in [-0.25, -0.2) is 27.6 Å². The van der Waals surface area contributed by atoms with Crippen molar-refractivity contribution in [3.8, 4) is 0 Å². The zero-order chi connectivity index (χ0) is 29.5. The standard InChI is InChI=1S/C19H25N3O3S.2C2H2O4/c1-15-5-4-6-17(20-15)11-13-22(2)14-12-19(23)16-7-9-18(10-8-16)21-26(3,24)25;2*3-1(4)2(5)6/h4-10,21H,11-14H2,1-3H3;2*(H,3,4)(H,5,6). The lowest BCUT2D eigenvalue weighted by Crippen LogP contribution is -2.24. The second kappa shape index (κ2) is 16.4. The van der Waals surface area contributed by atoms with Crippen molar-refractivity contribution in [1.82, 2.24) is 9.88 Å². The van der Waals surface area contributed by atoms with Crippen LogP contribution in [0.3, 0.4) is 0 Å². The van der Waals surface area contributed by atoms with Gasteiger partial charge in [-0.2, -0.15) is 0 Å². The predicted molar refractivity (Wildman–Crippen MR) is 135 cm³/mol. The van der Waals surface area contributed by atoms with Gasteiger partial charge in [0.25, 0.3) is 0 Å². The second-order valence-corrected chi connectivity index (χ2v) is 9.42. The normalized spacial score (nSPS) is 10.2. The second-order valence-electron chi connectivity index (χ2n) is 7.67. The Labute approximate surface area is 218 Å². The number of likely N-dealkylation sites (N-methyl/N-ethyl adjacent to an activating group) is 1. The fraction of sp³-hybridized carbons (Fsp3) is 0.304. The lowest BCUT2D eigenvalue weighted by Gasteiger charge is -2.16. The quantitative estimate of drug-likeness (QED) is 0.213. The van der Waals surface area contributed by atoms with Gasteiger partial charge in [-0.15, -0.1) is 0 Å². The van der Waals surface area contributed by atoms with Gasteiger partial charge in [0.2, 0.25) is 10.0 Å². The molecule has 0 saturated heterocycles. The third-order valence-corrected chi connectivity index (χ3v) is 4.90. The van der Waals surface area contributed by atoms with E-state index < -0.39 is 33.9 Å². The first-order valence-corrected chi connectivity index (χ1v) is 12.6. The van der Waals surface area contributed by atoms with Crippen LogP contribution in [0.2, 0.25) is 0 Å². The number of Topliss-reactive ketones (excluding diaryl/α,β-unsaturated/α-hetero) is 1. The van der Waals surface area contributed by atoms with E-state index in [9.17, 15) is 13.2 Å². The maximum atomic E-state index is 12.3. The summed E-state index contributed by atoms with van der Waals surface area (Å²) in [7, 11) is -1.32. The average Bonchev–Trinajstić information content (AvgIpc) is 2.81. The molecule has 14 nitrogen and oxygen atoms in total. The third-order valence-electron chi connectivity index (χ3n) is 4.29. The molecule has 0 spiro atoms. The zero-order valence-electron chi connectivity index (χ0n) is 20.8. The highest BCUT2D eigenvalue weighted by Crippen LogP contribution is 2.12. The van der Waals surface area contributed by atoms with Crippen molar-refractivity contribution in [2.75, 3.05) is 31.1 Å². The SMILES string of the molecule is Cc1cccc(CCN(C)CCC(=O)c2ccc(NS(C)(=O)=O)cc2)n1.O=C(O)C(=O)O.O=C(O)C(=O)O. The molecule has 0 amide bonds. The predicted octanol–water partition coefficient (Wildman–Crippen LogP) is 0.820. The van der Waals surface area contributed by atoms with Crippen molar-refractivity contribution in [2.45, 2.75) is 19.8 Å². The fourth-order valence-corrected chi connectivity index (χ4v) is 3.10. The van der Waals surface area contributed by atoms with Crippen LogP contribution in [0.1, 0.15) is 28.2 Å². The summed E-state index contributed by atoms with van der Waals surface area (Å²) in [6.07, 6.45) is 2.35. The van der Waals surface area contributed by atoms with Crippen LogP contribution in [-0.4, -0.2) is 94.8 Å². The van der Waals surface area contributed by atoms with Gasteiger partial charge in [0.15, 0.2) is 5.78 Å². The molecule has 0 atom stereocenters. The molecule has 38 heavy (non-hydrogen) atoms. The Bertz CT molecular complexity index is 1180. The number of carboxylic acids is 4. The maximum absolute atomic E-state index is 12.3. The average molecular weight is 556 g/mol. The van der Waals surface area contributed by atoms with E-state index >= 15 is 0 Å². The molecule has 0 radical (unpaired) electrons. The summed E-state index contributed by atoms with van der Waals surface area (Å²) in [6, 6.07) is 12.5. The molecule has 0 aliphatic carbocycles. The summed E-state index contributed by atoms with van der Waals surface area (Å²) in [5.74, 6) is -7.26. The number of carboxylic acid groups (broad SMARTS) is 4. The largest absolute Gasteiger partial charge is 0.473 e. The van der Waals surface area contributed by atoms with Crippen LogP contribution in [0, 0.1) is 6.92 Å². The first-order chi connectivity index (χ1) is 17.5. The van der Waals surface area contributed by atoms with Crippen LogP contribution >= 0.6 is 0 Å². The number of nitrogens with zero attached hydrogens (tertiary/aromatic N) is 2. The number of aromatic nitrogens is 1. The third kappa shape index (κ3) is 16.3. The minimum atomic E-state index is -3.31. The van der Waals surface area contributed by atoms with Gasteiger partial charge in [0.1, 0.15) is 0 Å². The Balaban J connectivity index is 0.000000948. The molecule has 2 rings (SSSR count). The van der Waals surface area contributed by atoms with Crippen LogP contribution in [0.15, 0.2) is 42.5 Å². The minimum Gasteiger partial charge on any atom is -0.473 e. The number of aliphatic carboxylic acids is 4. The number of carbonyl (C=O) groups excluding carboxylic acids is 1. The van der Waals surface area contributed by atoms with Gasteiger partial charge in [0, 0.05) is 48.6 Å². The first kappa shape index (κ1) is 33.6. The minimum absolute atomic E-state index is 0.0384. The summed E-state index contributed by atoms with van der Waals surface area (Å²) >= 11 is 0. The number of carbonyl (C=O) groups is 5. The van der Waals surface area contributed by atoms with E-state index in [4.69, 9.17) is 39.6 Å². The number of nitrogens with one attached hydrogen (secondary N) is 1. The highest BCUT2D eigenvalue weighted by molar-refractivity contribution is 7.92. The summed E-state index contributed by atoms with van der Waals surface area (Å²) in [6.45, 7) is 3.47. The van der Waals surface area contributed by atoms with E-state index in [0.29, 0.717) is 24.2 Å². The molecule has 0 aliphatic heterocycles. The van der Waals surface area contributed by atoms with Gasteiger partial charge < -0.3 is 25.3 Å². The molecule has 2 aromatic rings. The number of hydrogen-bond donors (Lipinski definition) is 5. The lowest BCUT2D eigenvalue weighted by atomic mass is 10.1. The number of benzene rings is 1. The highest BCUT2D eigenvalue weighted by Gasteiger charge is 2.09. The molecular formula is C23H29N3O11S. The number of sulfonamides is 1. The molecule has 1 aromatic heterocycles. The Hall–Kier alpha value is -4.37. The number of anilines is 1. The van der Waals surface area contributed by atoms with Gasteiger partial charge in [-0.05, 0) is 50.4 Å². The molecule has 15 heteroatoms. The van der Waals surface area contributed by atoms with Gasteiger partial charge in [-0.1, -0.05) is 6.07 Å². The van der Waals surface area contributed by atoms with Crippen LogP contribution in [0.4, 0.5) is 5.69 Å². The van der Waals surface area contributed by atoms with E-state index in [-0.39, 0.29) is 5.78 Å². The first-order valence-electron chi connectivity index (χ1n) is 10.7. The van der Waals surface area contributed by atoms with Crippen molar-refractivity contribution in [2.24, 2.45) is 0 Å².